The number of nitrogens with zero attached hydrogens (tertiary/aromatic N) is 3. The predicted octanol–water partition coefficient (Wildman–Crippen LogP) is 6.66. The number of urea groups is 1. The molecule has 4 aromatic rings. The maximum absolute atomic E-state index is 13.7. The Labute approximate surface area is 210 Å². The van der Waals surface area contributed by atoms with Crippen LogP contribution in [-0.4, -0.2) is 27.0 Å². The van der Waals surface area contributed by atoms with Crippen molar-refractivity contribution in [3.05, 3.63) is 99.1 Å². The Morgan fingerprint density at radius 1 is 1.06 bits per heavy atom. The molecule has 4 rings (SSSR count). The van der Waals surface area contributed by atoms with E-state index in [0.29, 0.717) is 34.0 Å². The lowest BCUT2D eigenvalue weighted by Gasteiger charge is -2.31. The lowest BCUT2D eigenvalue weighted by molar-refractivity contribution is 0.189. The van der Waals surface area contributed by atoms with Gasteiger partial charge in [0.05, 0.1) is 22.6 Å². The van der Waals surface area contributed by atoms with E-state index in [9.17, 15) is 9.59 Å². The molecular formula is C28H29ClN4O2. The fourth-order valence-electron chi connectivity index (χ4n) is 4.28. The first-order valence-electron chi connectivity index (χ1n) is 11.7. The van der Waals surface area contributed by atoms with E-state index < -0.39 is 6.04 Å². The largest absolute Gasteiger partial charge is 0.322 e. The maximum Gasteiger partial charge on any atom is 0.322 e. The average molecular weight is 489 g/mol. The number of nitrogens with one attached hydrogen (secondary N) is 1. The fourth-order valence-corrected chi connectivity index (χ4v) is 4.51. The van der Waals surface area contributed by atoms with E-state index in [2.05, 4.69) is 5.32 Å². The number of anilines is 1. The van der Waals surface area contributed by atoms with E-state index in [0.717, 1.165) is 23.2 Å². The van der Waals surface area contributed by atoms with Crippen molar-refractivity contribution in [2.24, 2.45) is 0 Å². The third-order valence-corrected chi connectivity index (χ3v) is 6.39. The molecule has 0 fully saturated rings. The highest BCUT2D eigenvalue weighted by Gasteiger charge is 2.27. The molecule has 0 saturated heterocycles. The number of aryl methyl sites for hydroxylation is 2. The van der Waals surface area contributed by atoms with Crippen molar-refractivity contribution in [3.8, 4) is 5.69 Å². The molecule has 6 nitrogen and oxygen atoms in total. The second kappa shape index (κ2) is 10.3. The highest BCUT2D eigenvalue weighted by molar-refractivity contribution is 6.30. The average Bonchev–Trinajstić information content (AvgIpc) is 2.84. The number of benzene rings is 3. The number of halogens is 1. The molecule has 1 atom stereocenters. The summed E-state index contributed by atoms with van der Waals surface area (Å²) in [5.74, 6) is 0.493. The van der Waals surface area contributed by atoms with Gasteiger partial charge >= 0.3 is 6.03 Å². The summed E-state index contributed by atoms with van der Waals surface area (Å²) in [6.07, 6.45) is 0.753. The Hall–Kier alpha value is -3.64. The molecule has 1 N–H and O–H groups in total. The standard InChI is InChI=1S/C28H29ClN4O2/c1-5-16-32(28(35)31-23-12-8-6-10-18(23)2)20(4)26-30-24-13-9-7-11-22(24)27(34)33(26)25-15-14-21(29)17-19(25)3/h6-15,17,20H,5,16H2,1-4H3,(H,31,35). The number of aromatic nitrogens is 2. The van der Waals surface area contributed by atoms with Crippen LogP contribution in [-0.2, 0) is 0 Å². The maximum atomic E-state index is 13.7. The molecule has 35 heavy (non-hydrogen) atoms. The molecule has 180 valence electrons. The van der Waals surface area contributed by atoms with Crippen LogP contribution in [0.4, 0.5) is 10.5 Å². The number of hydrogen-bond donors (Lipinski definition) is 1. The van der Waals surface area contributed by atoms with E-state index >= 15 is 0 Å². The Bertz CT molecular complexity index is 1450. The number of hydrogen-bond acceptors (Lipinski definition) is 3. The molecule has 7 heteroatoms. The van der Waals surface area contributed by atoms with Crippen LogP contribution in [0.3, 0.4) is 0 Å². The third-order valence-electron chi connectivity index (χ3n) is 6.15. The van der Waals surface area contributed by atoms with E-state index in [4.69, 9.17) is 16.6 Å². The van der Waals surface area contributed by atoms with Crippen LogP contribution >= 0.6 is 11.6 Å². The minimum Gasteiger partial charge on any atom is -0.315 e. The second-order valence-corrected chi connectivity index (χ2v) is 9.11. The normalized spacial score (nSPS) is 11.9. The molecule has 1 aromatic heterocycles. The van der Waals surface area contributed by atoms with Gasteiger partial charge in [-0.3, -0.25) is 9.36 Å². The van der Waals surface area contributed by atoms with Crippen LogP contribution < -0.4 is 10.9 Å². The zero-order valence-electron chi connectivity index (χ0n) is 20.4. The SMILES string of the molecule is CCCN(C(=O)Nc1ccccc1C)C(C)c1nc2ccccc2c(=O)n1-c1ccc(Cl)cc1C. The highest BCUT2D eigenvalue weighted by Crippen LogP contribution is 2.27. The van der Waals surface area contributed by atoms with Crippen LogP contribution in [0.2, 0.25) is 5.02 Å². The van der Waals surface area contributed by atoms with Crippen molar-refractivity contribution in [1.29, 1.82) is 0 Å². The number of carbonyl (C=O) groups is 1. The quantitative estimate of drug-likeness (QED) is 0.330. The molecule has 0 bridgehead atoms. The first-order chi connectivity index (χ1) is 16.8. The zero-order valence-corrected chi connectivity index (χ0v) is 21.1. The molecule has 2 amide bonds. The van der Waals surface area contributed by atoms with Gasteiger partial charge in [-0.05, 0) is 74.7 Å². The summed E-state index contributed by atoms with van der Waals surface area (Å²) in [7, 11) is 0. The van der Waals surface area contributed by atoms with Gasteiger partial charge in [0.25, 0.3) is 5.56 Å². The zero-order chi connectivity index (χ0) is 25.1. The Morgan fingerprint density at radius 3 is 2.49 bits per heavy atom. The van der Waals surface area contributed by atoms with Gasteiger partial charge < -0.3 is 10.2 Å². The number of fused-ring (bicyclic) bond motifs is 1. The number of rotatable bonds is 6. The molecule has 1 unspecified atom stereocenters. The number of amides is 2. The van der Waals surface area contributed by atoms with Crippen molar-refractivity contribution in [2.45, 2.75) is 40.2 Å². The van der Waals surface area contributed by atoms with Gasteiger partial charge in [-0.15, -0.1) is 0 Å². The molecule has 1 heterocycles. The summed E-state index contributed by atoms with van der Waals surface area (Å²) in [5, 5.41) is 4.14. The topological polar surface area (TPSA) is 67.2 Å². The minimum absolute atomic E-state index is 0.182. The summed E-state index contributed by atoms with van der Waals surface area (Å²) in [4.78, 5) is 33.8. The molecule has 0 spiro atoms. The lowest BCUT2D eigenvalue weighted by atomic mass is 10.1. The van der Waals surface area contributed by atoms with E-state index in [1.165, 1.54) is 0 Å². The lowest BCUT2D eigenvalue weighted by Crippen LogP contribution is -2.40. The highest BCUT2D eigenvalue weighted by atomic mass is 35.5. The van der Waals surface area contributed by atoms with Crippen molar-refractivity contribution in [2.75, 3.05) is 11.9 Å². The monoisotopic (exact) mass is 488 g/mol. The fraction of sp³-hybridized carbons (Fsp3) is 0.250. The molecule has 0 aliphatic carbocycles. The Kier molecular flexibility index (Phi) is 7.22. The van der Waals surface area contributed by atoms with Crippen LogP contribution in [0.5, 0.6) is 0 Å². The van der Waals surface area contributed by atoms with Gasteiger partial charge in [0.1, 0.15) is 5.82 Å². The molecule has 3 aromatic carbocycles. The van der Waals surface area contributed by atoms with Gasteiger partial charge in [-0.1, -0.05) is 48.9 Å². The molecule has 0 aliphatic heterocycles. The minimum atomic E-state index is -0.480. The Balaban J connectivity index is 1.86. The van der Waals surface area contributed by atoms with Crippen LogP contribution in [0.15, 0.2) is 71.5 Å². The number of carbonyl (C=O) groups excluding carboxylic acids is 1. The third kappa shape index (κ3) is 4.93. The molecular weight excluding hydrogens is 460 g/mol. The van der Waals surface area contributed by atoms with Crippen LogP contribution in [0.25, 0.3) is 16.6 Å². The summed E-state index contributed by atoms with van der Waals surface area (Å²) in [5.41, 5.74) is 3.68. The van der Waals surface area contributed by atoms with Crippen LogP contribution in [0, 0.1) is 13.8 Å². The summed E-state index contributed by atoms with van der Waals surface area (Å²) >= 11 is 6.20. The number of para-hydroxylation sites is 2. The van der Waals surface area contributed by atoms with Gasteiger partial charge in [-0.2, -0.15) is 0 Å². The summed E-state index contributed by atoms with van der Waals surface area (Å²) in [6, 6.07) is 19.6. The van der Waals surface area contributed by atoms with Crippen molar-refractivity contribution >= 4 is 34.2 Å². The van der Waals surface area contributed by atoms with E-state index in [-0.39, 0.29) is 11.6 Å². The first-order valence-corrected chi connectivity index (χ1v) is 12.1. The van der Waals surface area contributed by atoms with Gasteiger partial charge in [0.2, 0.25) is 0 Å². The van der Waals surface area contributed by atoms with Gasteiger partial charge in [0.15, 0.2) is 0 Å². The van der Waals surface area contributed by atoms with Crippen molar-refractivity contribution in [1.82, 2.24) is 14.5 Å². The molecule has 0 aliphatic rings. The summed E-state index contributed by atoms with van der Waals surface area (Å²) < 4.78 is 1.61. The summed E-state index contributed by atoms with van der Waals surface area (Å²) in [6.45, 7) is 8.29. The smallest absolute Gasteiger partial charge is 0.315 e. The predicted molar refractivity (Wildman–Crippen MR) is 143 cm³/mol. The van der Waals surface area contributed by atoms with E-state index in [1.54, 1.807) is 21.6 Å². The molecule has 0 saturated carbocycles. The van der Waals surface area contributed by atoms with E-state index in [1.807, 2.05) is 82.3 Å². The van der Waals surface area contributed by atoms with Crippen molar-refractivity contribution in [3.63, 3.8) is 0 Å². The molecule has 0 radical (unpaired) electrons. The Morgan fingerprint density at radius 2 is 1.77 bits per heavy atom. The second-order valence-electron chi connectivity index (χ2n) is 8.67. The van der Waals surface area contributed by atoms with Gasteiger partial charge in [-0.25, -0.2) is 9.78 Å². The van der Waals surface area contributed by atoms with Gasteiger partial charge in [0, 0.05) is 17.3 Å². The first kappa shape index (κ1) is 24.5. The van der Waals surface area contributed by atoms with Crippen molar-refractivity contribution < 1.29 is 4.79 Å². The van der Waals surface area contributed by atoms with Crippen LogP contribution in [0.1, 0.15) is 43.3 Å².